The van der Waals surface area contributed by atoms with Gasteiger partial charge in [-0.05, 0) is 12.5 Å². The molecule has 9 heavy (non-hydrogen) atoms. The van der Waals surface area contributed by atoms with Crippen molar-refractivity contribution in [3.63, 3.8) is 0 Å². The van der Waals surface area contributed by atoms with Gasteiger partial charge in [-0.2, -0.15) is 0 Å². The Morgan fingerprint density at radius 1 is 1.44 bits per heavy atom. The predicted octanol–water partition coefficient (Wildman–Crippen LogP) is 1.74. The smallest absolute Gasteiger partial charge is 0.211 e. The monoisotopic (exact) mass is 123 g/mol. The molecule has 0 aliphatic carbocycles. The van der Waals surface area contributed by atoms with Crippen LogP contribution in [0.5, 0.6) is 0 Å². The summed E-state index contributed by atoms with van der Waals surface area (Å²) in [7, 11) is 0. The van der Waals surface area contributed by atoms with Crippen LogP contribution >= 0.6 is 0 Å². The van der Waals surface area contributed by atoms with Crippen molar-refractivity contribution in [1.82, 2.24) is 0 Å². The summed E-state index contributed by atoms with van der Waals surface area (Å²) in [6, 6.07) is 9.70. The van der Waals surface area contributed by atoms with Crippen LogP contribution in [0.3, 0.4) is 0 Å². The zero-order valence-corrected chi connectivity index (χ0v) is 5.37. The van der Waals surface area contributed by atoms with E-state index in [1.807, 2.05) is 37.3 Å². The Bertz CT molecular complexity index is 186. The van der Waals surface area contributed by atoms with Crippen molar-refractivity contribution in [3.8, 4) is 0 Å². The van der Waals surface area contributed by atoms with Gasteiger partial charge in [-0.3, -0.25) is 0 Å². The number of benzene rings is 1. The first-order chi connectivity index (χ1) is 4.84. The minimum atomic E-state index is -0.124. The van der Waals surface area contributed by atoms with Crippen LogP contribution in [-0.2, 0) is 0 Å². The molecule has 0 unspecified atom stereocenters. The molecule has 0 aliphatic heterocycles. The van der Waals surface area contributed by atoms with Crippen molar-refractivity contribution in [1.29, 1.82) is 1.43 Å². The van der Waals surface area contributed by atoms with Crippen molar-refractivity contribution in [2.75, 3.05) is 0 Å². The number of rotatable bonds is 2. The molecule has 1 heteroatoms. The van der Waals surface area contributed by atoms with Crippen LogP contribution in [0.4, 0.5) is 0 Å². The zero-order chi connectivity index (χ0) is 7.40. The van der Waals surface area contributed by atoms with E-state index in [1.165, 1.54) is 0 Å². The Labute approximate surface area is 56.4 Å². The molecule has 1 N–H and O–H groups in total. The number of hydrogen-bond donors (Lipinski definition) is 1. The summed E-state index contributed by atoms with van der Waals surface area (Å²) in [5.74, 6) is 0. The second kappa shape index (κ2) is 2.65. The Morgan fingerprint density at radius 2 is 2.11 bits per heavy atom. The molecule has 48 valence electrons. The summed E-state index contributed by atoms with van der Waals surface area (Å²) in [4.78, 5) is 0. The van der Waals surface area contributed by atoms with Crippen molar-refractivity contribution < 1.29 is 5.11 Å². The summed E-state index contributed by atoms with van der Waals surface area (Å²) < 4.78 is 6.65. The third kappa shape index (κ3) is 1.54. The SMILES string of the molecule is [2H]O[C@H](C)c1ccccc1. The maximum Gasteiger partial charge on any atom is 0.211 e. The van der Waals surface area contributed by atoms with Crippen LogP contribution in [0.25, 0.3) is 0 Å². The summed E-state index contributed by atoms with van der Waals surface area (Å²) in [5.41, 5.74) is 1.04. The molecule has 0 spiro atoms. The Kier molecular flexibility index (Phi) is 1.47. The molecule has 1 atom stereocenters. The van der Waals surface area contributed by atoms with Gasteiger partial charge in [0.2, 0.25) is 1.43 Å². The molecule has 0 saturated heterocycles. The van der Waals surface area contributed by atoms with Gasteiger partial charge in [0.05, 0.1) is 6.10 Å². The molecular weight excluding hydrogens is 112 g/mol. The third-order valence-corrected chi connectivity index (χ3v) is 1.27. The zero-order valence-electron chi connectivity index (χ0n) is 6.37. The summed E-state index contributed by atoms with van der Waals surface area (Å²) in [6.07, 6.45) is -0.124. The van der Waals surface area contributed by atoms with Gasteiger partial charge in [0.15, 0.2) is 0 Å². The molecule has 0 aromatic heterocycles. The minimum absolute atomic E-state index is 0.124. The van der Waals surface area contributed by atoms with Crippen LogP contribution < -0.4 is 0 Å². The molecule has 0 saturated carbocycles. The molecule has 0 bridgehead atoms. The molecule has 0 amide bonds. The fourth-order valence-electron chi connectivity index (χ4n) is 0.724. The number of aliphatic hydroxyl groups is 1. The maximum absolute atomic E-state index is 6.65. The maximum atomic E-state index is 6.65. The highest BCUT2D eigenvalue weighted by atomic mass is 16.3. The fourth-order valence-corrected chi connectivity index (χ4v) is 0.724. The lowest BCUT2D eigenvalue weighted by Gasteiger charge is -2.00. The Balaban J connectivity index is 2.75. The molecule has 1 aromatic carbocycles. The lowest BCUT2D eigenvalue weighted by Crippen LogP contribution is -1.87. The predicted molar refractivity (Wildman–Crippen MR) is 37.1 cm³/mol. The highest BCUT2D eigenvalue weighted by Gasteiger charge is 1.95. The number of aliphatic hydroxyl groups excluding tert-OH is 1. The van der Waals surface area contributed by atoms with E-state index >= 15 is 0 Å². The average Bonchev–Trinajstić information content (AvgIpc) is 2.05. The Morgan fingerprint density at radius 3 is 2.67 bits per heavy atom. The van der Waals surface area contributed by atoms with E-state index in [2.05, 4.69) is 5.11 Å². The van der Waals surface area contributed by atoms with Crippen molar-refractivity contribution >= 4 is 0 Å². The fraction of sp³-hybridized carbons (Fsp3) is 0.250. The summed E-state index contributed by atoms with van der Waals surface area (Å²) in [5, 5.41) is 4.39. The minimum Gasteiger partial charge on any atom is -0.389 e. The average molecular weight is 123 g/mol. The van der Waals surface area contributed by atoms with Gasteiger partial charge in [0, 0.05) is 0 Å². The molecular formula is C8H10O. The molecule has 0 aliphatic rings. The van der Waals surface area contributed by atoms with E-state index < -0.39 is 0 Å². The number of hydrogen-bond acceptors (Lipinski definition) is 1. The van der Waals surface area contributed by atoms with Crippen molar-refractivity contribution in [2.45, 2.75) is 13.0 Å². The second-order valence-electron chi connectivity index (χ2n) is 2.05. The largest absolute Gasteiger partial charge is 0.389 e. The van der Waals surface area contributed by atoms with Crippen LogP contribution in [-0.4, -0.2) is 6.54 Å². The van der Waals surface area contributed by atoms with Crippen LogP contribution in [0.1, 0.15) is 18.6 Å². The topological polar surface area (TPSA) is 20.2 Å². The molecule has 1 aromatic rings. The summed E-state index contributed by atoms with van der Waals surface area (Å²) >= 11 is 0. The molecule has 0 heterocycles. The van der Waals surface area contributed by atoms with E-state index in [4.69, 9.17) is 1.43 Å². The summed E-state index contributed by atoms with van der Waals surface area (Å²) in [6.45, 7) is 1.85. The first-order valence-corrected chi connectivity index (χ1v) is 3.01. The van der Waals surface area contributed by atoms with Gasteiger partial charge in [-0.25, -0.2) is 0 Å². The second-order valence-corrected chi connectivity index (χ2v) is 2.05. The molecule has 1 nitrogen and oxygen atoms in total. The highest BCUT2D eigenvalue weighted by Crippen LogP contribution is 2.08. The first kappa shape index (κ1) is 5.00. The van der Waals surface area contributed by atoms with Crippen molar-refractivity contribution in [2.24, 2.45) is 0 Å². The first-order valence-electron chi connectivity index (χ1n) is 3.42. The van der Waals surface area contributed by atoms with E-state index in [-0.39, 0.29) is 6.10 Å². The van der Waals surface area contributed by atoms with Gasteiger partial charge in [-0.15, -0.1) is 0 Å². The molecule has 0 fully saturated rings. The van der Waals surface area contributed by atoms with Crippen molar-refractivity contribution in [3.05, 3.63) is 35.9 Å². The van der Waals surface area contributed by atoms with E-state index in [1.54, 1.807) is 0 Å². The molecule has 1 rings (SSSR count). The lowest BCUT2D eigenvalue weighted by atomic mass is 10.1. The van der Waals surface area contributed by atoms with Gasteiger partial charge in [0.25, 0.3) is 0 Å². The van der Waals surface area contributed by atoms with Gasteiger partial charge in [-0.1, -0.05) is 30.3 Å². The van der Waals surface area contributed by atoms with E-state index in [9.17, 15) is 0 Å². The van der Waals surface area contributed by atoms with Gasteiger partial charge >= 0.3 is 0 Å². The lowest BCUT2D eigenvalue weighted by molar-refractivity contribution is 0.199. The molecule has 0 radical (unpaired) electrons. The quantitative estimate of drug-likeness (QED) is 0.635. The van der Waals surface area contributed by atoms with Crippen LogP contribution in [0.15, 0.2) is 30.3 Å². The standard InChI is InChI=1S/C8H10O/c1-7(9)8-5-3-2-4-6-8/h2-7,9H,1H3/t7-/m1/s1/i9D. The van der Waals surface area contributed by atoms with Crippen LogP contribution in [0, 0.1) is 0 Å². The van der Waals surface area contributed by atoms with Gasteiger partial charge in [0.1, 0.15) is 0 Å². The Hall–Kier alpha value is -0.820. The van der Waals surface area contributed by atoms with E-state index in [0.717, 1.165) is 5.56 Å². The third-order valence-electron chi connectivity index (χ3n) is 1.27. The van der Waals surface area contributed by atoms with Gasteiger partial charge < -0.3 is 5.11 Å². The highest BCUT2D eigenvalue weighted by molar-refractivity contribution is 5.16. The van der Waals surface area contributed by atoms with E-state index in [0.29, 0.717) is 0 Å². The normalized spacial score (nSPS) is 14.6. The van der Waals surface area contributed by atoms with Crippen LogP contribution in [0.2, 0.25) is 0 Å².